The van der Waals surface area contributed by atoms with E-state index in [0.717, 1.165) is 16.2 Å². The molecule has 0 unspecified atom stereocenters. The molecule has 0 spiro atoms. The fraction of sp³-hybridized carbons (Fsp3) is 0.364. The first-order valence-electron chi connectivity index (χ1n) is 8.85. The summed E-state index contributed by atoms with van der Waals surface area (Å²) in [6.07, 6.45) is 0.547. The van der Waals surface area contributed by atoms with Crippen LogP contribution in [-0.4, -0.2) is 27.9 Å². The van der Waals surface area contributed by atoms with Gasteiger partial charge >= 0.3 is 5.97 Å². The lowest BCUT2D eigenvalue weighted by Gasteiger charge is -2.28. The second-order valence-electron chi connectivity index (χ2n) is 7.77. The Labute approximate surface area is 159 Å². The summed E-state index contributed by atoms with van der Waals surface area (Å²) in [4.78, 5) is 18.0. The van der Waals surface area contributed by atoms with Gasteiger partial charge in [-0.05, 0) is 33.3 Å². The molecule has 136 valence electrons. The van der Waals surface area contributed by atoms with Gasteiger partial charge in [0, 0.05) is 17.7 Å². The van der Waals surface area contributed by atoms with Crippen molar-refractivity contribution in [3.8, 4) is 0 Å². The Morgan fingerprint density at radius 3 is 2.38 bits per heavy atom. The number of esters is 1. The maximum Gasteiger partial charge on any atom is 0.335 e. The smallest absolute Gasteiger partial charge is 0.335 e. The fourth-order valence-electron chi connectivity index (χ4n) is 2.86. The van der Waals surface area contributed by atoms with Crippen molar-refractivity contribution in [3.05, 3.63) is 71.3 Å². The Balaban J connectivity index is 1.96. The molecular weight excluding hydrogens is 342 g/mol. The first-order valence-corrected chi connectivity index (χ1v) is 9.83. The van der Waals surface area contributed by atoms with Crippen LogP contribution in [0.3, 0.4) is 0 Å². The molecule has 1 atom stereocenters. The van der Waals surface area contributed by atoms with Crippen LogP contribution in [0.2, 0.25) is 0 Å². The molecular formula is C22H25NO2S. The van der Waals surface area contributed by atoms with Crippen molar-refractivity contribution in [2.45, 2.75) is 45.3 Å². The number of aliphatic imine (C=N–C) groups is 1. The van der Waals surface area contributed by atoms with Gasteiger partial charge in [-0.15, -0.1) is 11.8 Å². The molecule has 2 aromatic rings. The van der Waals surface area contributed by atoms with E-state index in [9.17, 15) is 4.79 Å². The van der Waals surface area contributed by atoms with Crippen LogP contribution in [0, 0.1) is 6.92 Å². The quantitative estimate of drug-likeness (QED) is 0.728. The third kappa shape index (κ3) is 4.36. The summed E-state index contributed by atoms with van der Waals surface area (Å²) in [7, 11) is 0. The average molecular weight is 368 g/mol. The normalized spacial score (nSPS) is 19.9. The number of carbonyl (C=O) groups excluding carboxylic acids is 1. The van der Waals surface area contributed by atoms with Gasteiger partial charge in [0.15, 0.2) is 5.54 Å². The van der Waals surface area contributed by atoms with Crippen LogP contribution in [0.1, 0.15) is 37.5 Å². The van der Waals surface area contributed by atoms with Gasteiger partial charge in [-0.3, -0.25) is 4.99 Å². The Kier molecular flexibility index (Phi) is 5.24. The number of benzene rings is 2. The maximum absolute atomic E-state index is 13.1. The highest BCUT2D eigenvalue weighted by Gasteiger charge is 2.46. The zero-order chi connectivity index (χ0) is 18.8. The molecule has 0 fully saturated rings. The Morgan fingerprint density at radius 1 is 1.12 bits per heavy atom. The van der Waals surface area contributed by atoms with E-state index >= 15 is 0 Å². The molecule has 0 aliphatic carbocycles. The minimum atomic E-state index is -0.877. The molecule has 1 heterocycles. The summed E-state index contributed by atoms with van der Waals surface area (Å²) in [6, 6.07) is 18.3. The standard InChI is InChI=1S/C22H25NO2S/c1-16-10-12-17(13-11-16)14-22(20(24)25-21(2,3)4)15-26-19(23-22)18-8-6-5-7-9-18/h5-13H,14-15H2,1-4H3/t22-/m0/s1. The molecule has 26 heavy (non-hydrogen) atoms. The molecule has 4 heteroatoms. The topological polar surface area (TPSA) is 38.7 Å². The lowest BCUT2D eigenvalue weighted by Crippen LogP contribution is -2.44. The van der Waals surface area contributed by atoms with Crippen LogP contribution < -0.4 is 0 Å². The second-order valence-corrected chi connectivity index (χ2v) is 8.73. The first-order chi connectivity index (χ1) is 12.3. The van der Waals surface area contributed by atoms with Gasteiger partial charge in [-0.2, -0.15) is 0 Å². The minimum absolute atomic E-state index is 0.246. The molecule has 0 N–H and O–H groups in total. The molecule has 0 bridgehead atoms. The molecule has 0 amide bonds. The Hall–Kier alpha value is -2.07. The fourth-order valence-corrected chi connectivity index (χ4v) is 4.06. The van der Waals surface area contributed by atoms with Gasteiger partial charge in [-0.1, -0.05) is 60.2 Å². The summed E-state index contributed by atoms with van der Waals surface area (Å²) in [6.45, 7) is 7.75. The number of ether oxygens (including phenoxy) is 1. The predicted octanol–water partition coefficient (Wildman–Crippen LogP) is 4.81. The van der Waals surface area contributed by atoms with Gasteiger partial charge in [0.25, 0.3) is 0 Å². The third-order valence-electron chi connectivity index (χ3n) is 4.18. The predicted molar refractivity (Wildman–Crippen MR) is 109 cm³/mol. The van der Waals surface area contributed by atoms with Crippen molar-refractivity contribution < 1.29 is 9.53 Å². The zero-order valence-corrected chi connectivity index (χ0v) is 16.6. The lowest BCUT2D eigenvalue weighted by atomic mass is 9.92. The largest absolute Gasteiger partial charge is 0.458 e. The Morgan fingerprint density at radius 2 is 1.77 bits per heavy atom. The van der Waals surface area contributed by atoms with Crippen molar-refractivity contribution in [3.63, 3.8) is 0 Å². The molecule has 0 saturated heterocycles. The lowest BCUT2D eigenvalue weighted by molar-refractivity contribution is -0.160. The minimum Gasteiger partial charge on any atom is -0.458 e. The van der Waals surface area contributed by atoms with Crippen LogP contribution >= 0.6 is 11.8 Å². The average Bonchev–Trinajstić information content (AvgIpc) is 3.02. The first kappa shape index (κ1) is 18.7. The van der Waals surface area contributed by atoms with E-state index in [4.69, 9.17) is 9.73 Å². The molecule has 2 aromatic carbocycles. The van der Waals surface area contributed by atoms with Crippen molar-refractivity contribution in [2.75, 3.05) is 5.75 Å². The van der Waals surface area contributed by atoms with Crippen molar-refractivity contribution >= 4 is 22.8 Å². The van der Waals surface area contributed by atoms with Gasteiger partial charge in [-0.25, -0.2) is 4.79 Å². The summed E-state index contributed by atoms with van der Waals surface area (Å²) in [5.74, 6) is 0.351. The van der Waals surface area contributed by atoms with E-state index in [-0.39, 0.29) is 5.97 Å². The van der Waals surface area contributed by atoms with Gasteiger partial charge in [0.2, 0.25) is 0 Å². The second kappa shape index (κ2) is 7.28. The highest BCUT2D eigenvalue weighted by molar-refractivity contribution is 8.14. The summed E-state index contributed by atoms with van der Waals surface area (Å²) in [5, 5.41) is 0.906. The van der Waals surface area contributed by atoms with Crippen molar-refractivity contribution in [1.82, 2.24) is 0 Å². The van der Waals surface area contributed by atoms with Gasteiger partial charge in [0.05, 0.1) is 5.04 Å². The molecule has 0 aromatic heterocycles. The Bertz CT molecular complexity index is 806. The molecule has 3 rings (SSSR count). The van der Waals surface area contributed by atoms with Gasteiger partial charge < -0.3 is 4.74 Å². The number of rotatable bonds is 4. The van der Waals surface area contributed by atoms with E-state index < -0.39 is 11.1 Å². The molecule has 1 aliphatic rings. The van der Waals surface area contributed by atoms with Crippen LogP contribution in [0.4, 0.5) is 0 Å². The highest BCUT2D eigenvalue weighted by Crippen LogP contribution is 2.36. The number of thioether (sulfide) groups is 1. The molecule has 0 saturated carbocycles. The van der Waals surface area contributed by atoms with Crippen LogP contribution in [-0.2, 0) is 16.0 Å². The van der Waals surface area contributed by atoms with E-state index in [2.05, 4.69) is 31.2 Å². The SMILES string of the molecule is Cc1ccc(C[C@@]2(C(=O)OC(C)(C)C)CSC(c3ccccc3)=N2)cc1. The van der Waals surface area contributed by atoms with Crippen LogP contribution in [0.25, 0.3) is 0 Å². The number of hydrogen-bond donors (Lipinski definition) is 0. The highest BCUT2D eigenvalue weighted by atomic mass is 32.2. The van der Waals surface area contributed by atoms with Crippen molar-refractivity contribution in [2.24, 2.45) is 4.99 Å². The van der Waals surface area contributed by atoms with Gasteiger partial charge in [0.1, 0.15) is 5.60 Å². The van der Waals surface area contributed by atoms with E-state index in [1.165, 1.54) is 5.56 Å². The number of aryl methyl sites for hydroxylation is 1. The summed E-state index contributed by atoms with van der Waals surface area (Å²) < 4.78 is 5.75. The zero-order valence-electron chi connectivity index (χ0n) is 15.8. The number of hydrogen-bond acceptors (Lipinski definition) is 4. The maximum atomic E-state index is 13.1. The van der Waals surface area contributed by atoms with Crippen molar-refractivity contribution in [1.29, 1.82) is 0 Å². The number of carbonyl (C=O) groups is 1. The van der Waals surface area contributed by atoms with Crippen LogP contribution in [0.15, 0.2) is 59.6 Å². The summed E-state index contributed by atoms with van der Waals surface area (Å²) >= 11 is 1.63. The van der Waals surface area contributed by atoms with Crippen LogP contribution in [0.5, 0.6) is 0 Å². The molecule has 0 radical (unpaired) electrons. The number of nitrogens with zero attached hydrogens (tertiary/aromatic N) is 1. The molecule has 1 aliphatic heterocycles. The monoisotopic (exact) mass is 367 g/mol. The van der Waals surface area contributed by atoms with E-state index in [1.807, 2.05) is 51.1 Å². The van der Waals surface area contributed by atoms with E-state index in [1.54, 1.807) is 11.8 Å². The molecule has 3 nitrogen and oxygen atoms in total. The van der Waals surface area contributed by atoms with E-state index in [0.29, 0.717) is 12.2 Å². The third-order valence-corrected chi connectivity index (χ3v) is 5.40. The summed E-state index contributed by atoms with van der Waals surface area (Å²) in [5.41, 5.74) is 1.94.